The summed E-state index contributed by atoms with van der Waals surface area (Å²) in [5, 5.41) is 80.3. The first kappa shape index (κ1) is 77.5. The number of pyridine rings is 4. The van der Waals surface area contributed by atoms with E-state index in [1.807, 2.05) is 47.5 Å². The number of nitrogens with one attached hydrogen (secondary N) is 5. The van der Waals surface area contributed by atoms with Gasteiger partial charge in [-0.3, -0.25) is 19.2 Å². The van der Waals surface area contributed by atoms with Crippen molar-refractivity contribution < 1.29 is 41.8 Å². The Morgan fingerprint density at radius 3 is 1.04 bits per heavy atom. The van der Waals surface area contributed by atoms with Crippen LogP contribution in [0.3, 0.4) is 0 Å². The van der Waals surface area contributed by atoms with Crippen LogP contribution in [-0.2, 0) is 32.6 Å². The number of carbonyl (C=O) groups excluding carboxylic acids is 4. The molecule has 31 nitrogen and oxygen atoms in total. The third-order valence-electron chi connectivity index (χ3n) is 21.9. The Bertz CT molecular complexity index is 6150. The SMILES string of the molecule is N#Cc1cccc(F)c1-c1cc(-n2cc3c(n2)NCCC3)c2c(n1)CNC2=O.N#Cc1cccc(F)c1-c1cc(-n2ccc(N3CCC(O)C3)n2)c2c(n1)CNC2=O.N#Cc1cccc(F)c1-c1cc(-n2ccc(N3CCC[C@@H](N)C3)n2)c2c(n1)CNC2=O.N#Cc1cccc(F)c1-c1cc(-n2ccc(N3CCC[C@H](N)C3)n2)c2c(n1)CNC2=O. The zero-order chi connectivity index (χ0) is 83.1. The molecule has 10 N–H and O–H groups in total. The zero-order valence-corrected chi connectivity index (χ0v) is 64.0. The summed E-state index contributed by atoms with van der Waals surface area (Å²) in [6.45, 7) is 6.17. The van der Waals surface area contributed by atoms with Gasteiger partial charge in [0.1, 0.15) is 23.3 Å². The van der Waals surface area contributed by atoms with Gasteiger partial charge < -0.3 is 57.9 Å². The number of aliphatic hydroxyl groups excluding tert-OH is 1. The number of aryl methyl sites for hydroxylation is 1. The Morgan fingerprint density at radius 1 is 0.400 bits per heavy atom. The highest BCUT2D eigenvalue weighted by atomic mass is 19.1. The van der Waals surface area contributed by atoms with Crippen molar-refractivity contribution in [2.45, 2.75) is 89.3 Å². The molecule has 3 atom stereocenters. The van der Waals surface area contributed by atoms with Gasteiger partial charge in [-0.05, 0) is 118 Å². The van der Waals surface area contributed by atoms with Crippen LogP contribution in [0.5, 0.6) is 0 Å². The monoisotopic (exact) mass is 1610 g/mol. The highest BCUT2D eigenvalue weighted by molar-refractivity contribution is 6.04. The molecule has 0 radical (unpaired) electrons. The van der Waals surface area contributed by atoms with E-state index in [0.29, 0.717) is 98.8 Å². The second-order valence-electron chi connectivity index (χ2n) is 29.6. The molecule has 0 bridgehead atoms. The molecule has 3 saturated heterocycles. The van der Waals surface area contributed by atoms with Gasteiger partial charge in [-0.2, -0.15) is 41.4 Å². The molecule has 8 aliphatic rings. The van der Waals surface area contributed by atoms with Crippen molar-refractivity contribution in [2.75, 3.05) is 65.8 Å². The number of rotatable bonds is 11. The summed E-state index contributed by atoms with van der Waals surface area (Å²) < 4.78 is 64.9. The van der Waals surface area contributed by atoms with Gasteiger partial charge in [-0.1, -0.05) is 24.3 Å². The van der Waals surface area contributed by atoms with E-state index >= 15 is 0 Å². The molecule has 8 aliphatic heterocycles. The Kier molecular flexibility index (Phi) is 21.0. The minimum absolute atomic E-state index is 0.0958. The highest BCUT2D eigenvalue weighted by Crippen LogP contribution is 2.39. The van der Waals surface area contributed by atoms with Crippen LogP contribution >= 0.6 is 0 Å². The molecule has 0 saturated carbocycles. The lowest BCUT2D eigenvalue weighted by atomic mass is 10.0. The van der Waals surface area contributed by atoms with Gasteiger partial charge in [-0.25, -0.2) is 56.2 Å². The van der Waals surface area contributed by atoms with Crippen molar-refractivity contribution in [2.24, 2.45) is 11.5 Å². The predicted octanol–water partition coefficient (Wildman–Crippen LogP) is 8.54. The summed E-state index contributed by atoms with van der Waals surface area (Å²) in [7, 11) is 0. The molecule has 1 unspecified atom stereocenters. The number of benzene rings is 4. The maximum Gasteiger partial charge on any atom is 0.255 e. The molecule has 16 heterocycles. The molecule has 120 heavy (non-hydrogen) atoms. The van der Waals surface area contributed by atoms with E-state index in [4.69, 9.17) is 11.5 Å². The lowest BCUT2D eigenvalue weighted by molar-refractivity contribution is 0.0957. The number of aromatic nitrogens is 12. The summed E-state index contributed by atoms with van der Waals surface area (Å²) in [6, 6.07) is 37.5. The molecule has 0 spiro atoms. The number of hydrogen-bond acceptors (Lipinski definition) is 23. The number of aliphatic hydroxyl groups is 1. The summed E-state index contributed by atoms with van der Waals surface area (Å²) >= 11 is 0. The highest BCUT2D eigenvalue weighted by Gasteiger charge is 2.35. The number of nitrogens with two attached hydrogens (primary N) is 2. The standard InChI is InChI=1S/2C22H20FN7O.C21H17FN6O2.C20H15FN6O/c2*23-15-5-1-3-13(10-24)20(15)16-9-18(21-17(27-16)11-26-22(21)31)30-8-6-19(28-30)29-7-2-4-14(25)12-29;22-14-3-1-2-12(9-23)19(14)15-8-17(20-16(25-15)10-24-21(20)30)28-7-5-18(26-28)27-6-4-13(29)11-27;21-13-5-1-3-11(8-22)17(13)14-7-16(18-15(25-14)9-24-20(18)28)27-10-12-4-2-6-23-19(12)26-27/h2*1,3,5-6,8-9,14H,2,4,7,11-12,25H2,(H,26,31);1-3,5,7-8,13,29H,4,6,10-11H2,(H,24,30);1,3,5,7,10H,2,4,6,9H2,(H,23,26)(H,24,28)/t2*14-;;/m10../s1. The average molecular weight is 1610 g/mol. The van der Waals surface area contributed by atoms with Gasteiger partial charge in [0, 0.05) is 106 Å². The van der Waals surface area contributed by atoms with Crippen molar-refractivity contribution in [1.29, 1.82) is 21.0 Å². The molecular formula is C85H72F4N26O5. The van der Waals surface area contributed by atoms with Crippen LogP contribution in [0, 0.1) is 68.6 Å². The number of anilines is 4. The lowest BCUT2D eigenvalue weighted by Gasteiger charge is -2.30. The van der Waals surface area contributed by atoms with Crippen LogP contribution in [0.1, 0.15) is 131 Å². The number of piperidine rings is 2. The van der Waals surface area contributed by atoms with E-state index in [0.717, 1.165) is 94.3 Å². The Hall–Kier alpha value is -15.0. The topological polar surface area (TPSA) is 428 Å². The number of hydrogen-bond donors (Lipinski definition) is 8. The van der Waals surface area contributed by atoms with Gasteiger partial charge in [0.05, 0.1) is 192 Å². The first-order chi connectivity index (χ1) is 58.3. The van der Waals surface area contributed by atoms with E-state index in [-0.39, 0.29) is 130 Å². The van der Waals surface area contributed by atoms with Crippen LogP contribution in [0.25, 0.3) is 67.8 Å². The van der Waals surface area contributed by atoms with Crippen molar-refractivity contribution in [3.05, 3.63) is 236 Å². The Balaban J connectivity index is 0.000000114. The molecule has 600 valence electrons. The molecule has 12 aromatic rings. The number of amides is 4. The van der Waals surface area contributed by atoms with E-state index in [9.17, 15) is 62.9 Å². The quantitative estimate of drug-likeness (QED) is 0.0562. The second kappa shape index (κ2) is 32.6. The number of fused-ring (bicyclic) bond motifs is 5. The molecule has 4 amide bonds. The molecule has 3 fully saturated rings. The van der Waals surface area contributed by atoms with E-state index < -0.39 is 23.3 Å². The predicted molar refractivity (Wildman–Crippen MR) is 429 cm³/mol. The maximum atomic E-state index is 14.7. The minimum Gasteiger partial charge on any atom is -0.391 e. The number of nitriles is 4. The molecule has 8 aromatic heterocycles. The summed E-state index contributed by atoms with van der Waals surface area (Å²) in [6.07, 6.45) is 13.3. The number of carbonyl (C=O) groups is 4. The third-order valence-corrected chi connectivity index (χ3v) is 21.9. The van der Waals surface area contributed by atoms with Gasteiger partial charge in [0.25, 0.3) is 23.6 Å². The summed E-state index contributed by atoms with van der Waals surface area (Å²) in [5.41, 5.74) is 21.2. The Labute approximate surface area is 681 Å². The minimum atomic E-state index is -0.558. The van der Waals surface area contributed by atoms with Crippen molar-refractivity contribution in [3.63, 3.8) is 0 Å². The summed E-state index contributed by atoms with van der Waals surface area (Å²) in [5.74, 6) is -0.189. The van der Waals surface area contributed by atoms with Crippen LogP contribution in [0.4, 0.5) is 40.8 Å². The second-order valence-corrected chi connectivity index (χ2v) is 29.6. The van der Waals surface area contributed by atoms with Crippen molar-refractivity contribution in [3.8, 4) is 92.1 Å². The van der Waals surface area contributed by atoms with Crippen LogP contribution < -0.4 is 52.8 Å². The number of β-amino-alcohol motifs (C(OH)–C–C–N with tert-alkyl or cyclic N) is 1. The van der Waals surface area contributed by atoms with Crippen molar-refractivity contribution in [1.82, 2.24) is 80.3 Å². The van der Waals surface area contributed by atoms with Gasteiger partial charge >= 0.3 is 0 Å². The largest absolute Gasteiger partial charge is 0.391 e. The van der Waals surface area contributed by atoms with E-state index in [2.05, 4.69) is 76.7 Å². The molecule has 4 aromatic carbocycles. The van der Waals surface area contributed by atoms with Gasteiger partial charge in [0.15, 0.2) is 23.3 Å². The molecule has 0 aliphatic carbocycles. The van der Waals surface area contributed by atoms with E-state index in [1.165, 1.54) is 54.6 Å². The first-order valence-electron chi connectivity index (χ1n) is 38.8. The average Bonchev–Trinajstić information content (AvgIpc) is 1.60. The molecule has 20 rings (SSSR count). The van der Waals surface area contributed by atoms with Crippen LogP contribution in [0.2, 0.25) is 0 Å². The first-order valence-corrected chi connectivity index (χ1v) is 38.8. The van der Waals surface area contributed by atoms with Gasteiger partial charge in [-0.15, -0.1) is 0 Å². The van der Waals surface area contributed by atoms with Crippen LogP contribution in [0.15, 0.2) is 140 Å². The number of halogens is 4. The van der Waals surface area contributed by atoms with Gasteiger partial charge in [0.2, 0.25) is 0 Å². The fraction of sp³-hybridized carbons (Fsp3) is 0.247. The fourth-order valence-corrected chi connectivity index (χ4v) is 16.2. The van der Waals surface area contributed by atoms with Crippen LogP contribution in [-0.4, -0.2) is 152 Å². The normalized spacial score (nSPS) is 17.1. The molecular weight excluding hydrogens is 1540 g/mol. The smallest absolute Gasteiger partial charge is 0.255 e. The molecule has 35 heteroatoms. The lowest BCUT2D eigenvalue weighted by Crippen LogP contribution is -2.43. The third kappa shape index (κ3) is 14.9. The Morgan fingerprint density at radius 2 is 0.733 bits per heavy atom. The zero-order valence-electron chi connectivity index (χ0n) is 64.0. The summed E-state index contributed by atoms with van der Waals surface area (Å²) in [4.78, 5) is 74.0. The fourth-order valence-electron chi connectivity index (χ4n) is 16.2. The van der Waals surface area contributed by atoms with Crippen molar-refractivity contribution >= 4 is 46.9 Å². The number of nitrogens with zero attached hydrogens (tertiary/aromatic N) is 19. The maximum absolute atomic E-state index is 14.7. The van der Waals surface area contributed by atoms with E-state index in [1.54, 1.807) is 85.8 Å².